The zero-order chi connectivity index (χ0) is 37.7. The molecule has 278 valence electrons. The number of benzene rings is 2. The second-order valence-electron chi connectivity index (χ2n) is 14.7. The van der Waals surface area contributed by atoms with E-state index in [2.05, 4.69) is 15.0 Å². The number of hydrogen-bond donors (Lipinski definition) is 3. The SMILES string of the molecule is C[C@@H](O)CN(C[C@H](CCc1c(F)cncc1NC(=O)C(C)(C)[C@@H](c1ccc(Cl)cc1)c1cccc(F)c1)NS(=O)(=O)C1CC1)C(=O)OC(C)(C)C. The van der Waals surface area contributed by atoms with Gasteiger partial charge in [0.1, 0.15) is 17.2 Å². The lowest BCUT2D eigenvalue weighted by Gasteiger charge is -2.34. The third-order valence-electron chi connectivity index (χ3n) is 8.56. The zero-order valence-corrected chi connectivity index (χ0v) is 31.3. The molecule has 1 aliphatic carbocycles. The summed E-state index contributed by atoms with van der Waals surface area (Å²) in [4.78, 5) is 32.4. The minimum atomic E-state index is -3.75. The first-order chi connectivity index (χ1) is 23.8. The van der Waals surface area contributed by atoms with Crippen molar-refractivity contribution in [2.24, 2.45) is 5.41 Å². The molecule has 4 rings (SSSR count). The van der Waals surface area contributed by atoms with Crippen LogP contribution in [-0.4, -0.2) is 71.5 Å². The molecule has 1 heterocycles. The Hall–Kier alpha value is -3.65. The minimum absolute atomic E-state index is 0.0228. The Bertz CT molecular complexity index is 1800. The van der Waals surface area contributed by atoms with Gasteiger partial charge < -0.3 is 20.1 Å². The molecule has 2 amide bonds. The fourth-order valence-corrected chi connectivity index (χ4v) is 7.69. The molecule has 51 heavy (non-hydrogen) atoms. The van der Waals surface area contributed by atoms with Crippen molar-refractivity contribution in [2.75, 3.05) is 18.4 Å². The Morgan fingerprint density at radius 1 is 1.04 bits per heavy atom. The van der Waals surface area contributed by atoms with Gasteiger partial charge >= 0.3 is 6.09 Å². The molecule has 0 spiro atoms. The number of amides is 2. The van der Waals surface area contributed by atoms with E-state index in [9.17, 15) is 27.5 Å². The topological polar surface area (TPSA) is 138 Å². The van der Waals surface area contributed by atoms with Gasteiger partial charge in [0.15, 0.2) is 0 Å². The molecular weight excluding hydrogens is 702 g/mol. The van der Waals surface area contributed by atoms with E-state index in [-0.39, 0.29) is 37.2 Å². The van der Waals surface area contributed by atoms with Crippen molar-refractivity contribution in [3.63, 3.8) is 0 Å². The fourth-order valence-electron chi connectivity index (χ4n) is 5.95. The van der Waals surface area contributed by atoms with Crippen molar-refractivity contribution >= 4 is 39.3 Å². The molecule has 3 aromatic rings. The van der Waals surface area contributed by atoms with Crippen LogP contribution in [0.4, 0.5) is 19.3 Å². The van der Waals surface area contributed by atoms with Gasteiger partial charge in [0.25, 0.3) is 0 Å². The van der Waals surface area contributed by atoms with Crippen molar-refractivity contribution in [3.05, 3.63) is 94.3 Å². The van der Waals surface area contributed by atoms with Crippen molar-refractivity contribution in [1.29, 1.82) is 0 Å². The summed E-state index contributed by atoms with van der Waals surface area (Å²) in [6.07, 6.45) is 1.62. The van der Waals surface area contributed by atoms with Gasteiger partial charge in [0, 0.05) is 35.6 Å². The summed E-state index contributed by atoms with van der Waals surface area (Å²) < 4.78 is 64.3. The highest BCUT2D eigenvalue weighted by atomic mass is 35.5. The number of nitrogens with zero attached hydrogens (tertiary/aromatic N) is 2. The number of rotatable bonds is 15. The largest absolute Gasteiger partial charge is 0.444 e. The van der Waals surface area contributed by atoms with E-state index in [1.807, 2.05) is 0 Å². The third-order valence-corrected chi connectivity index (χ3v) is 10.8. The van der Waals surface area contributed by atoms with E-state index in [4.69, 9.17) is 16.3 Å². The second kappa shape index (κ2) is 16.4. The quantitative estimate of drug-likeness (QED) is 0.155. The Balaban J connectivity index is 1.62. The smallest absolute Gasteiger partial charge is 0.410 e. The molecule has 1 aliphatic rings. The molecule has 0 aliphatic heterocycles. The molecule has 1 fully saturated rings. The molecule has 3 atom stereocenters. The number of aromatic nitrogens is 1. The summed E-state index contributed by atoms with van der Waals surface area (Å²) in [5.41, 5.74) is -0.647. The van der Waals surface area contributed by atoms with Crippen molar-refractivity contribution in [1.82, 2.24) is 14.6 Å². The predicted molar refractivity (Wildman–Crippen MR) is 193 cm³/mol. The Morgan fingerprint density at radius 2 is 1.71 bits per heavy atom. The number of pyridine rings is 1. The van der Waals surface area contributed by atoms with Gasteiger partial charge in [-0.15, -0.1) is 0 Å². The van der Waals surface area contributed by atoms with Crippen LogP contribution in [0.15, 0.2) is 60.9 Å². The highest BCUT2D eigenvalue weighted by Gasteiger charge is 2.40. The third kappa shape index (κ3) is 11.2. The van der Waals surface area contributed by atoms with Crippen LogP contribution < -0.4 is 10.0 Å². The van der Waals surface area contributed by atoms with E-state index in [1.165, 1.54) is 30.2 Å². The lowest BCUT2D eigenvalue weighted by Crippen LogP contribution is -2.49. The molecule has 0 radical (unpaired) electrons. The van der Waals surface area contributed by atoms with Gasteiger partial charge in [0.05, 0.1) is 34.8 Å². The van der Waals surface area contributed by atoms with E-state index >= 15 is 4.39 Å². The summed E-state index contributed by atoms with van der Waals surface area (Å²) in [5.74, 6) is -2.32. The molecule has 10 nitrogen and oxygen atoms in total. The van der Waals surface area contributed by atoms with Crippen LogP contribution in [0.25, 0.3) is 0 Å². The number of anilines is 1. The first-order valence-electron chi connectivity index (χ1n) is 16.9. The maximum atomic E-state index is 15.5. The second-order valence-corrected chi connectivity index (χ2v) is 17.1. The van der Waals surface area contributed by atoms with Crippen LogP contribution in [0.5, 0.6) is 0 Å². The van der Waals surface area contributed by atoms with Gasteiger partial charge in [-0.3, -0.25) is 9.78 Å². The average Bonchev–Trinajstić information content (AvgIpc) is 3.87. The summed E-state index contributed by atoms with van der Waals surface area (Å²) in [7, 11) is -3.75. The van der Waals surface area contributed by atoms with Crippen LogP contribution >= 0.6 is 11.6 Å². The molecule has 3 N–H and O–H groups in total. The molecule has 1 saturated carbocycles. The first kappa shape index (κ1) is 40.1. The average molecular weight is 749 g/mol. The highest BCUT2D eigenvalue weighted by molar-refractivity contribution is 7.90. The lowest BCUT2D eigenvalue weighted by molar-refractivity contribution is -0.124. The standard InChI is InChI=1S/C37H47ClF2N4O6S/c1-23(45)21-44(35(47)50-36(2,3)4)22-28(43-51(48,49)29-15-16-29)14-17-30-31(40)19-41-20-32(30)42-34(46)37(5,6)33(24-10-12-26(38)13-11-24)25-8-7-9-27(39)18-25/h7-13,18-20,23,28-29,33,43,45H,14-17,21-22H2,1-6H3,(H,42,46)/t23-,28+,33+/m1/s1. The molecule has 1 aromatic heterocycles. The van der Waals surface area contributed by atoms with Crippen LogP contribution in [0.2, 0.25) is 5.02 Å². The number of carbonyl (C=O) groups excluding carboxylic acids is 2. The van der Waals surface area contributed by atoms with E-state index in [1.54, 1.807) is 71.0 Å². The van der Waals surface area contributed by atoms with Crippen molar-refractivity contribution in [2.45, 2.75) is 96.1 Å². The van der Waals surface area contributed by atoms with E-state index < -0.39 is 68.0 Å². The maximum absolute atomic E-state index is 15.5. The van der Waals surface area contributed by atoms with Gasteiger partial charge in [-0.1, -0.05) is 49.7 Å². The van der Waals surface area contributed by atoms with Gasteiger partial charge in [0.2, 0.25) is 15.9 Å². The summed E-state index contributed by atoms with van der Waals surface area (Å²) in [6, 6.07) is 12.0. The summed E-state index contributed by atoms with van der Waals surface area (Å²) in [6.45, 7) is 9.69. The van der Waals surface area contributed by atoms with Crippen LogP contribution in [-0.2, 0) is 26.0 Å². The lowest BCUT2D eigenvalue weighted by atomic mass is 9.70. The van der Waals surface area contributed by atoms with Gasteiger partial charge in [-0.2, -0.15) is 0 Å². The Labute approximate surface area is 304 Å². The van der Waals surface area contributed by atoms with E-state index in [0.29, 0.717) is 29.0 Å². The van der Waals surface area contributed by atoms with Crippen molar-refractivity contribution in [3.8, 4) is 0 Å². The highest BCUT2D eigenvalue weighted by Crippen LogP contribution is 2.42. The molecule has 0 bridgehead atoms. The normalized spacial score (nSPS) is 15.5. The van der Waals surface area contributed by atoms with Crippen LogP contribution in [0.3, 0.4) is 0 Å². The molecule has 2 aromatic carbocycles. The minimum Gasteiger partial charge on any atom is -0.444 e. The van der Waals surface area contributed by atoms with Gasteiger partial charge in [-0.25, -0.2) is 26.7 Å². The molecular formula is C37H47ClF2N4O6S. The van der Waals surface area contributed by atoms with E-state index in [0.717, 1.165) is 6.20 Å². The number of halogens is 3. The van der Waals surface area contributed by atoms with Crippen LogP contribution in [0.1, 0.15) is 83.4 Å². The molecule has 0 unspecified atom stereocenters. The maximum Gasteiger partial charge on any atom is 0.410 e. The van der Waals surface area contributed by atoms with Gasteiger partial charge in [-0.05, 0) is 88.8 Å². The number of carbonyl (C=O) groups is 2. The number of nitrogens with one attached hydrogen (secondary N) is 2. The number of aliphatic hydroxyl groups excluding tert-OH is 1. The summed E-state index contributed by atoms with van der Waals surface area (Å²) >= 11 is 6.14. The Morgan fingerprint density at radius 3 is 2.29 bits per heavy atom. The zero-order valence-electron chi connectivity index (χ0n) is 29.8. The predicted octanol–water partition coefficient (Wildman–Crippen LogP) is 6.81. The van der Waals surface area contributed by atoms with Crippen LogP contribution in [0, 0.1) is 17.0 Å². The molecule has 0 saturated heterocycles. The van der Waals surface area contributed by atoms with Crippen molar-refractivity contribution < 1.29 is 36.6 Å². The monoisotopic (exact) mass is 748 g/mol. The number of ether oxygens (including phenoxy) is 1. The number of aliphatic hydroxyl groups is 1. The fraction of sp³-hybridized carbons (Fsp3) is 0.486. The number of sulfonamides is 1. The Kier molecular flexibility index (Phi) is 12.9. The summed E-state index contributed by atoms with van der Waals surface area (Å²) in [5, 5.41) is 12.9. The number of hydrogen-bond acceptors (Lipinski definition) is 7. The first-order valence-corrected chi connectivity index (χ1v) is 18.8. The molecule has 14 heteroatoms.